The molecule has 1 saturated heterocycles. The van der Waals surface area contributed by atoms with Crippen LogP contribution in [-0.4, -0.2) is 23.3 Å². The Kier molecular flexibility index (Phi) is 4.89. The van der Waals surface area contributed by atoms with E-state index in [1.54, 1.807) is 24.5 Å². The number of pyridine rings is 1. The molecule has 1 aromatic heterocycles. The van der Waals surface area contributed by atoms with E-state index >= 15 is 0 Å². The molecule has 0 spiro atoms. The molecule has 2 amide bonds. The van der Waals surface area contributed by atoms with Gasteiger partial charge in [-0.3, -0.25) is 14.6 Å². The Balaban J connectivity index is 1.66. The quantitative estimate of drug-likeness (QED) is 0.814. The molecule has 0 saturated carbocycles. The van der Waals surface area contributed by atoms with Crippen LogP contribution in [0.3, 0.4) is 0 Å². The SMILES string of the molecule is O=C(NCc1cccnc1)C1CCN(c2ccc(Br)cc2F)C1=O. The smallest absolute Gasteiger partial charge is 0.239 e. The summed E-state index contributed by atoms with van der Waals surface area (Å²) in [6.07, 6.45) is 3.67. The number of nitrogens with one attached hydrogen (secondary N) is 1. The second kappa shape index (κ2) is 7.09. The number of carbonyl (C=O) groups is 2. The van der Waals surface area contributed by atoms with E-state index in [1.807, 2.05) is 6.07 Å². The van der Waals surface area contributed by atoms with Crippen LogP contribution in [0.15, 0.2) is 47.2 Å². The van der Waals surface area contributed by atoms with Gasteiger partial charge in [0.15, 0.2) is 0 Å². The van der Waals surface area contributed by atoms with Gasteiger partial charge in [0.05, 0.1) is 5.69 Å². The highest BCUT2D eigenvalue weighted by atomic mass is 79.9. The van der Waals surface area contributed by atoms with Gasteiger partial charge in [-0.1, -0.05) is 22.0 Å². The monoisotopic (exact) mass is 391 g/mol. The molecular formula is C17H15BrFN3O2. The average Bonchev–Trinajstić information content (AvgIpc) is 2.95. The Morgan fingerprint density at radius 2 is 2.25 bits per heavy atom. The van der Waals surface area contributed by atoms with E-state index in [4.69, 9.17) is 0 Å². The molecule has 24 heavy (non-hydrogen) atoms. The van der Waals surface area contributed by atoms with Crippen molar-refractivity contribution < 1.29 is 14.0 Å². The third-order valence-electron chi connectivity index (χ3n) is 3.91. The Morgan fingerprint density at radius 1 is 1.42 bits per heavy atom. The van der Waals surface area contributed by atoms with Crippen LogP contribution in [0.25, 0.3) is 0 Å². The van der Waals surface area contributed by atoms with E-state index in [2.05, 4.69) is 26.2 Å². The zero-order valence-corrected chi connectivity index (χ0v) is 14.3. The number of rotatable bonds is 4. The molecule has 1 unspecified atom stereocenters. The molecule has 1 fully saturated rings. The molecule has 1 N–H and O–H groups in total. The Hall–Kier alpha value is -2.28. The maximum Gasteiger partial charge on any atom is 0.239 e. The Morgan fingerprint density at radius 3 is 2.96 bits per heavy atom. The highest BCUT2D eigenvalue weighted by Gasteiger charge is 2.38. The predicted octanol–water partition coefficient (Wildman–Crippen LogP) is 2.65. The number of anilines is 1. The minimum absolute atomic E-state index is 0.200. The van der Waals surface area contributed by atoms with Crippen molar-refractivity contribution in [3.63, 3.8) is 0 Å². The third-order valence-corrected chi connectivity index (χ3v) is 4.41. The normalized spacial score (nSPS) is 17.2. The van der Waals surface area contributed by atoms with Crippen molar-refractivity contribution in [2.45, 2.75) is 13.0 Å². The molecule has 0 bridgehead atoms. The fraction of sp³-hybridized carbons (Fsp3) is 0.235. The summed E-state index contributed by atoms with van der Waals surface area (Å²) in [6, 6.07) is 8.13. The van der Waals surface area contributed by atoms with Gasteiger partial charge in [0, 0.05) is 30.0 Å². The number of benzene rings is 1. The molecular weight excluding hydrogens is 377 g/mol. The number of aromatic nitrogens is 1. The molecule has 0 radical (unpaired) electrons. The van der Waals surface area contributed by atoms with Crippen molar-refractivity contribution in [2.75, 3.05) is 11.4 Å². The molecule has 3 rings (SSSR count). The number of nitrogens with zero attached hydrogens (tertiary/aromatic N) is 2. The van der Waals surface area contributed by atoms with Crippen LogP contribution in [-0.2, 0) is 16.1 Å². The summed E-state index contributed by atoms with van der Waals surface area (Å²) in [4.78, 5) is 30.0. The third kappa shape index (κ3) is 3.46. The lowest BCUT2D eigenvalue weighted by Crippen LogP contribution is -2.36. The lowest BCUT2D eigenvalue weighted by molar-refractivity contribution is -0.132. The number of amides is 2. The molecule has 1 atom stereocenters. The van der Waals surface area contributed by atoms with Crippen LogP contribution < -0.4 is 10.2 Å². The summed E-state index contributed by atoms with van der Waals surface area (Å²) in [7, 11) is 0. The molecule has 124 valence electrons. The minimum atomic E-state index is -0.787. The van der Waals surface area contributed by atoms with Crippen LogP contribution in [0, 0.1) is 11.7 Å². The summed E-state index contributed by atoms with van der Waals surface area (Å²) in [5, 5.41) is 2.74. The highest BCUT2D eigenvalue weighted by Crippen LogP contribution is 2.29. The molecule has 0 aliphatic carbocycles. The van der Waals surface area contributed by atoms with Crippen LogP contribution in [0.1, 0.15) is 12.0 Å². The van der Waals surface area contributed by atoms with Gasteiger partial charge in [0.25, 0.3) is 0 Å². The predicted molar refractivity (Wildman–Crippen MR) is 90.6 cm³/mol. The van der Waals surface area contributed by atoms with Crippen LogP contribution >= 0.6 is 15.9 Å². The molecule has 5 nitrogen and oxygen atoms in total. The summed E-state index contributed by atoms with van der Waals surface area (Å²) < 4.78 is 14.6. The number of carbonyl (C=O) groups excluding carboxylic acids is 2. The highest BCUT2D eigenvalue weighted by molar-refractivity contribution is 9.10. The van der Waals surface area contributed by atoms with Gasteiger partial charge >= 0.3 is 0 Å². The van der Waals surface area contributed by atoms with E-state index in [0.29, 0.717) is 24.0 Å². The van der Waals surface area contributed by atoms with Crippen molar-refractivity contribution in [1.82, 2.24) is 10.3 Å². The largest absolute Gasteiger partial charge is 0.351 e. The first-order chi connectivity index (χ1) is 11.6. The van der Waals surface area contributed by atoms with Crippen molar-refractivity contribution >= 4 is 33.4 Å². The van der Waals surface area contributed by atoms with E-state index < -0.39 is 11.7 Å². The molecule has 2 heterocycles. The first-order valence-electron chi connectivity index (χ1n) is 7.49. The molecule has 7 heteroatoms. The van der Waals surface area contributed by atoms with Gasteiger partial charge in [-0.15, -0.1) is 0 Å². The van der Waals surface area contributed by atoms with Crippen LogP contribution in [0.2, 0.25) is 0 Å². The number of halogens is 2. The Bertz CT molecular complexity index is 770. The topological polar surface area (TPSA) is 62.3 Å². The van der Waals surface area contributed by atoms with Crippen LogP contribution in [0.4, 0.5) is 10.1 Å². The van der Waals surface area contributed by atoms with E-state index in [0.717, 1.165) is 5.56 Å². The van der Waals surface area contributed by atoms with Gasteiger partial charge in [-0.25, -0.2) is 4.39 Å². The standard InChI is InChI=1S/C17H15BrFN3O2/c18-12-3-4-15(14(19)8-12)22-7-5-13(17(22)24)16(23)21-10-11-2-1-6-20-9-11/h1-4,6,8-9,13H,5,7,10H2,(H,21,23). The number of hydrogen-bond donors (Lipinski definition) is 1. The zero-order chi connectivity index (χ0) is 17.1. The molecule has 1 aromatic carbocycles. The van der Waals surface area contributed by atoms with E-state index in [9.17, 15) is 14.0 Å². The van der Waals surface area contributed by atoms with Crippen LogP contribution in [0.5, 0.6) is 0 Å². The zero-order valence-electron chi connectivity index (χ0n) is 12.7. The maximum atomic E-state index is 14.0. The summed E-state index contributed by atoms with van der Waals surface area (Å²) >= 11 is 3.19. The second-order valence-corrected chi connectivity index (χ2v) is 6.42. The fourth-order valence-corrected chi connectivity index (χ4v) is 3.01. The fourth-order valence-electron chi connectivity index (χ4n) is 2.68. The second-order valence-electron chi connectivity index (χ2n) is 5.51. The van der Waals surface area contributed by atoms with E-state index in [1.165, 1.54) is 17.0 Å². The number of hydrogen-bond acceptors (Lipinski definition) is 3. The molecule has 2 aromatic rings. The van der Waals surface area contributed by atoms with Gasteiger partial charge in [0.2, 0.25) is 11.8 Å². The van der Waals surface area contributed by atoms with Crippen molar-refractivity contribution in [2.24, 2.45) is 5.92 Å². The van der Waals surface area contributed by atoms with Gasteiger partial charge in [0.1, 0.15) is 11.7 Å². The first kappa shape index (κ1) is 16.6. The Labute approximate surface area is 147 Å². The summed E-state index contributed by atoms with van der Waals surface area (Å²) in [5.41, 5.74) is 1.05. The summed E-state index contributed by atoms with van der Waals surface area (Å²) in [5.74, 6) is -2.00. The maximum absolute atomic E-state index is 14.0. The average molecular weight is 392 g/mol. The lowest BCUT2D eigenvalue weighted by atomic mass is 10.1. The molecule has 1 aliphatic rings. The first-order valence-corrected chi connectivity index (χ1v) is 8.28. The van der Waals surface area contributed by atoms with Gasteiger partial charge in [-0.05, 0) is 36.2 Å². The van der Waals surface area contributed by atoms with Crippen molar-refractivity contribution in [3.8, 4) is 0 Å². The van der Waals surface area contributed by atoms with Gasteiger partial charge < -0.3 is 10.2 Å². The lowest BCUT2D eigenvalue weighted by Gasteiger charge is -2.17. The van der Waals surface area contributed by atoms with Crippen molar-refractivity contribution in [1.29, 1.82) is 0 Å². The molecule has 1 aliphatic heterocycles. The minimum Gasteiger partial charge on any atom is -0.351 e. The van der Waals surface area contributed by atoms with Gasteiger partial charge in [-0.2, -0.15) is 0 Å². The summed E-state index contributed by atoms with van der Waals surface area (Å²) in [6.45, 7) is 0.630. The van der Waals surface area contributed by atoms with Crippen molar-refractivity contribution in [3.05, 3.63) is 58.6 Å². The van der Waals surface area contributed by atoms with E-state index in [-0.39, 0.29) is 17.5 Å².